The molecule has 112 valence electrons. The molecule has 0 spiro atoms. The predicted molar refractivity (Wildman–Crippen MR) is 85.8 cm³/mol. The molecule has 1 aliphatic heterocycles. The molecule has 1 aliphatic rings. The molecule has 1 fully saturated rings. The molecule has 3 rings (SSSR count). The number of piperidine rings is 1. The number of rotatable bonds is 3. The molecule has 0 bridgehead atoms. The molecule has 21 heavy (non-hydrogen) atoms. The molecule has 0 amide bonds. The summed E-state index contributed by atoms with van der Waals surface area (Å²) in [5, 5.41) is 8.15. The number of hydrogen-bond acceptors (Lipinski definition) is 4. The van der Waals surface area contributed by atoms with Gasteiger partial charge in [-0.05, 0) is 38.8 Å². The zero-order valence-electron chi connectivity index (χ0n) is 13.0. The van der Waals surface area contributed by atoms with Crippen molar-refractivity contribution in [2.24, 2.45) is 7.05 Å². The van der Waals surface area contributed by atoms with E-state index in [0.29, 0.717) is 6.04 Å². The topological polar surface area (TPSA) is 46.0 Å². The van der Waals surface area contributed by atoms with E-state index >= 15 is 0 Å². The van der Waals surface area contributed by atoms with Crippen LogP contribution in [0.25, 0.3) is 0 Å². The molecule has 5 nitrogen and oxygen atoms in total. The van der Waals surface area contributed by atoms with Gasteiger partial charge in [0.25, 0.3) is 0 Å². The van der Waals surface area contributed by atoms with E-state index in [4.69, 9.17) is 0 Å². The normalized spacial score (nSPS) is 16.2. The number of pyridine rings is 1. The van der Waals surface area contributed by atoms with Gasteiger partial charge in [-0.2, -0.15) is 5.10 Å². The molecular weight excluding hydrogens is 262 g/mol. The van der Waals surface area contributed by atoms with Gasteiger partial charge in [0.1, 0.15) is 5.82 Å². The number of aromatic nitrogens is 3. The molecule has 2 aromatic rings. The minimum Gasteiger partial charge on any atom is -0.379 e. The van der Waals surface area contributed by atoms with Crippen LogP contribution in [-0.2, 0) is 7.05 Å². The van der Waals surface area contributed by atoms with E-state index in [-0.39, 0.29) is 0 Å². The summed E-state index contributed by atoms with van der Waals surface area (Å²) in [6.45, 7) is 6.28. The van der Waals surface area contributed by atoms with E-state index < -0.39 is 0 Å². The molecule has 0 unspecified atom stereocenters. The molecule has 0 aromatic carbocycles. The molecule has 0 atom stereocenters. The van der Waals surface area contributed by atoms with Gasteiger partial charge in [-0.3, -0.25) is 4.68 Å². The summed E-state index contributed by atoms with van der Waals surface area (Å²) in [4.78, 5) is 6.80. The average Bonchev–Trinajstić information content (AvgIpc) is 2.75. The van der Waals surface area contributed by atoms with Crippen molar-refractivity contribution >= 4 is 11.5 Å². The molecule has 1 saturated heterocycles. The lowest BCUT2D eigenvalue weighted by atomic mass is 10.0. The summed E-state index contributed by atoms with van der Waals surface area (Å²) < 4.78 is 1.95. The lowest BCUT2D eigenvalue weighted by molar-refractivity contribution is 0.523. The van der Waals surface area contributed by atoms with Gasteiger partial charge in [0.05, 0.1) is 17.1 Å². The highest BCUT2D eigenvalue weighted by molar-refractivity contribution is 5.53. The lowest BCUT2D eigenvalue weighted by Gasteiger charge is -2.33. The highest BCUT2D eigenvalue weighted by Crippen LogP contribution is 2.24. The van der Waals surface area contributed by atoms with Gasteiger partial charge in [-0.25, -0.2) is 4.98 Å². The number of nitrogens with one attached hydrogen (secondary N) is 1. The molecule has 5 heteroatoms. The van der Waals surface area contributed by atoms with Crippen molar-refractivity contribution in [3.63, 3.8) is 0 Å². The minimum absolute atomic E-state index is 0.520. The zero-order chi connectivity index (χ0) is 14.8. The second-order valence-corrected chi connectivity index (χ2v) is 5.76. The van der Waals surface area contributed by atoms with Crippen LogP contribution < -0.4 is 10.2 Å². The van der Waals surface area contributed by atoms with Crippen LogP contribution in [0.4, 0.5) is 11.5 Å². The predicted octanol–water partition coefficient (Wildman–Crippen LogP) is 2.51. The molecule has 2 aromatic heterocycles. The number of anilines is 2. The van der Waals surface area contributed by atoms with Crippen molar-refractivity contribution in [1.29, 1.82) is 0 Å². The van der Waals surface area contributed by atoms with E-state index in [1.807, 2.05) is 24.0 Å². The van der Waals surface area contributed by atoms with E-state index in [1.54, 1.807) is 0 Å². The van der Waals surface area contributed by atoms with Gasteiger partial charge >= 0.3 is 0 Å². The van der Waals surface area contributed by atoms with Crippen LogP contribution in [0.5, 0.6) is 0 Å². The highest BCUT2D eigenvalue weighted by atomic mass is 15.3. The Morgan fingerprint density at radius 3 is 2.52 bits per heavy atom. The van der Waals surface area contributed by atoms with Gasteiger partial charge in [-0.15, -0.1) is 0 Å². The number of nitrogens with zero attached hydrogens (tertiary/aromatic N) is 4. The van der Waals surface area contributed by atoms with E-state index in [0.717, 1.165) is 37.4 Å². The maximum Gasteiger partial charge on any atom is 0.128 e. The third kappa shape index (κ3) is 2.86. The molecule has 0 aliphatic carbocycles. The summed E-state index contributed by atoms with van der Waals surface area (Å²) in [5.41, 5.74) is 3.50. The van der Waals surface area contributed by atoms with Gasteiger partial charge in [0.15, 0.2) is 0 Å². The average molecular weight is 285 g/mol. The van der Waals surface area contributed by atoms with E-state index in [2.05, 4.69) is 46.3 Å². The Bertz CT molecular complexity index is 597. The van der Waals surface area contributed by atoms with Crippen molar-refractivity contribution < 1.29 is 0 Å². The van der Waals surface area contributed by atoms with E-state index in [9.17, 15) is 0 Å². The Balaban J connectivity index is 1.61. The molecule has 3 heterocycles. The van der Waals surface area contributed by atoms with Gasteiger partial charge in [-0.1, -0.05) is 6.07 Å². The maximum atomic E-state index is 4.47. The van der Waals surface area contributed by atoms with Crippen molar-refractivity contribution in [1.82, 2.24) is 14.8 Å². The van der Waals surface area contributed by atoms with Crippen LogP contribution in [0.15, 0.2) is 24.4 Å². The monoisotopic (exact) mass is 285 g/mol. The first kappa shape index (κ1) is 13.9. The zero-order valence-corrected chi connectivity index (χ0v) is 13.0. The quantitative estimate of drug-likeness (QED) is 0.941. The summed E-state index contributed by atoms with van der Waals surface area (Å²) >= 11 is 0. The highest BCUT2D eigenvalue weighted by Gasteiger charge is 2.21. The summed E-state index contributed by atoms with van der Waals surface area (Å²) in [6, 6.07) is 6.62. The SMILES string of the molecule is Cc1nn(C)c(C)c1NC1CCN(c2ccccn2)CC1. The molecule has 0 saturated carbocycles. The van der Waals surface area contributed by atoms with Gasteiger partial charge < -0.3 is 10.2 Å². The molecular formula is C16H23N5. The number of aryl methyl sites for hydroxylation is 2. The van der Waals surface area contributed by atoms with Gasteiger partial charge in [0.2, 0.25) is 0 Å². The number of hydrogen-bond donors (Lipinski definition) is 1. The van der Waals surface area contributed by atoms with Crippen LogP contribution in [-0.4, -0.2) is 33.9 Å². The Kier molecular flexibility index (Phi) is 3.82. The largest absolute Gasteiger partial charge is 0.379 e. The van der Waals surface area contributed by atoms with E-state index in [1.165, 1.54) is 11.4 Å². The van der Waals surface area contributed by atoms with Crippen molar-refractivity contribution in [2.45, 2.75) is 32.7 Å². The lowest BCUT2D eigenvalue weighted by Crippen LogP contribution is -2.39. The van der Waals surface area contributed by atoms with Crippen LogP contribution in [0.3, 0.4) is 0 Å². The third-order valence-electron chi connectivity index (χ3n) is 4.33. The third-order valence-corrected chi connectivity index (χ3v) is 4.33. The summed E-state index contributed by atoms with van der Waals surface area (Å²) in [6.07, 6.45) is 4.12. The van der Waals surface area contributed by atoms with Crippen LogP contribution in [0.2, 0.25) is 0 Å². The van der Waals surface area contributed by atoms with Crippen molar-refractivity contribution in [2.75, 3.05) is 23.3 Å². The summed E-state index contributed by atoms with van der Waals surface area (Å²) in [7, 11) is 2.00. The Morgan fingerprint density at radius 2 is 1.95 bits per heavy atom. The first-order chi connectivity index (χ1) is 10.1. The van der Waals surface area contributed by atoms with Crippen LogP contribution in [0.1, 0.15) is 24.2 Å². The maximum absolute atomic E-state index is 4.47. The van der Waals surface area contributed by atoms with Crippen molar-refractivity contribution in [3.05, 3.63) is 35.8 Å². The second-order valence-electron chi connectivity index (χ2n) is 5.76. The smallest absolute Gasteiger partial charge is 0.128 e. The Labute approximate surface area is 126 Å². The molecule has 1 N–H and O–H groups in total. The van der Waals surface area contributed by atoms with Crippen LogP contribution in [0, 0.1) is 13.8 Å². The second kappa shape index (κ2) is 5.76. The molecule has 0 radical (unpaired) electrons. The first-order valence-corrected chi connectivity index (χ1v) is 7.58. The summed E-state index contributed by atoms with van der Waals surface area (Å²) in [5.74, 6) is 1.09. The van der Waals surface area contributed by atoms with Gasteiger partial charge in [0, 0.05) is 32.4 Å². The Morgan fingerprint density at radius 1 is 1.19 bits per heavy atom. The fraction of sp³-hybridized carbons (Fsp3) is 0.500. The van der Waals surface area contributed by atoms with Crippen molar-refractivity contribution in [3.8, 4) is 0 Å². The fourth-order valence-electron chi connectivity index (χ4n) is 2.98. The minimum atomic E-state index is 0.520. The Hall–Kier alpha value is -2.04. The van der Waals surface area contributed by atoms with Crippen LogP contribution >= 0.6 is 0 Å². The first-order valence-electron chi connectivity index (χ1n) is 7.58. The fourth-order valence-corrected chi connectivity index (χ4v) is 2.98. The standard InChI is InChI=1S/C16H23N5/c1-12-16(13(2)20(3)19-12)18-14-7-10-21(11-8-14)15-6-4-5-9-17-15/h4-6,9,14,18H,7-8,10-11H2,1-3H3.